The highest BCUT2D eigenvalue weighted by atomic mass is 15.2. The number of nitrogens with zero attached hydrogens (tertiary/aromatic N) is 3. The van der Waals surface area contributed by atoms with Crippen molar-refractivity contribution in [3.8, 4) is 0 Å². The van der Waals surface area contributed by atoms with E-state index in [1.807, 2.05) is 12.5 Å². The molecule has 4 heteroatoms. The van der Waals surface area contributed by atoms with Crippen LogP contribution < -0.4 is 5.32 Å². The Hall–Kier alpha value is -0.870. The second-order valence-electron chi connectivity index (χ2n) is 6.33. The number of aromatic nitrogens is 2. The molecule has 0 spiro atoms. The molecule has 2 heterocycles. The van der Waals surface area contributed by atoms with Crippen LogP contribution in [0.1, 0.15) is 45.1 Å². The van der Waals surface area contributed by atoms with E-state index in [2.05, 4.69) is 39.9 Å². The van der Waals surface area contributed by atoms with E-state index >= 15 is 0 Å². The predicted molar refractivity (Wildman–Crippen MR) is 77.2 cm³/mol. The zero-order valence-electron chi connectivity index (χ0n) is 12.1. The van der Waals surface area contributed by atoms with Gasteiger partial charge in [-0.05, 0) is 52.6 Å². The van der Waals surface area contributed by atoms with Gasteiger partial charge < -0.3 is 14.8 Å². The second-order valence-corrected chi connectivity index (χ2v) is 6.33. The Morgan fingerprint density at radius 3 is 2.89 bits per heavy atom. The summed E-state index contributed by atoms with van der Waals surface area (Å²) in [4.78, 5) is 6.67. The molecule has 0 aromatic carbocycles. The summed E-state index contributed by atoms with van der Waals surface area (Å²) in [6.07, 6.45) is 12.5. The van der Waals surface area contributed by atoms with Gasteiger partial charge in [0, 0.05) is 36.6 Å². The molecule has 4 atom stereocenters. The number of rotatable bonds is 3. The van der Waals surface area contributed by atoms with Gasteiger partial charge in [-0.2, -0.15) is 0 Å². The Morgan fingerprint density at radius 1 is 1.26 bits per heavy atom. The SMILES string of the molecule is CC1CC(NC2CCCC2n2ccnc2)CCN1C. The van der Waals surface area contributed by atoms with E-state index < -0.39 is 0 Å². The lowest BCUT2D eigenvalue weighted by Gasteiger charge is -2.37. The van der Waals surface area contributed by atoms with Crippen LogP contribution in [0.15, 0.2) is 18.7 Å². The maximum atomic E-state index is 4.20. The van der Waals surface area contributed by atoms with E-state index in [9.17, 15) is 0 Å². The normalized spacial score (nSPS) is 36.7. The molecule has 1 N–H and O–H groups in total. The number of hydrogen-bond acceptors (Lipinski definition) is 3. The maximum Gasteiger partial charge on any atom is 0.0949 e. The summed E-state index contributed by atoms with van der Waals surface area (Å²) in [5, 5.41) is 3.93. The van der Waals surface area contributed by atoms with Gasteiger partial charge in [0.2, 0.25) is 0 Å². The minimum absolute atomic E-state index is 0.609. The largest absolute Gasteiger partial charge is 0.333 e. The maximum absolute atomic E-state index is 4.20. The van der Waals surface area contributed by atoms with Crippen molar-refractivity contribution < 1.29 is 0 Å². The van der Waals surface area contributed by atoms with Crippen molar-refractivity contribution in [1.82, 2.24) is 19.8 Å². The van der Waals surface area contributed by atoms with Gasteiger partial charge in [-0.1, -0.05) is 0 Å². The summed E-state index contributed by atoms with van der Waals surface area (Å²) in [5.41, 5.74) is 0. The van der Waals surface area contributed by atoms with Crippen LogP contribution in [-0.4, -0.2) is 46.2 Å². The summed E-state index contributed by atoms with van der Waals surface area (Å²) in [6, 6.07) is 2.65. The van der Waals surface area contributed by atoms with Crippen molar-refractivity contribution in [2.24, 2.45) is 0 Å². The fourth-order valence-electron chi connectivity index (χ4n) is 3.70. The van der Waals surface area contributed by atoms with Crippen LogP contribution in [-0.2, 0) is 0 Å². The highest BCUT2D eigenvalue weighted by molar-refractivity contribution is 4.94. The molecule has 4 unspecified atom stereocenters. The summed E-state index contributed by atoms with van der Waals surface area (Å²) >= 11 is 0. The molecule has 1 saturated heterocycles. The Kier molecular flexibility index (Phi) is 3.89. The average Bonchev–Trinajstić information content (AvgIpc) is 3.04. The van der Waals surface area contributed by atoms with Crippen molar-refractivity contribution in [1.29, 1.82) is 0 Å². The molecular weight excluding hydrogens is 236 g/mol. The van der Waals surface area contributed by atoms with Crippen LogP contribution >= 0.6 is 0 Å². The molecule has 0 radical (unpaired) electrons. The van der Waals surface area contributed by atoms with Crippen LogP contribution in [0.5, 0.6) is 0 Å². The Morgan fingerprint density at radius 2 is 2.16 bits per heavy atom. The molecule has 1 aliphatic heterocycles. The Balaban J connectivity index is 1.60. The lowest BCUT2D eigenvalue weighted by molar-refractivity contribution is 0.158. The van der Waals surface area contributed by atoms with Gasteiger partial charge in [-0.15, -0.1) is 0 Å². The molecule has 0 amide bonds. The smallest absolute Gasteiger partial charge is 0.0949 e. The van der Waals surface area contributed by atoms with Crippen LogP contribution in [0.4, 0.5) is 0 Å². The third kappa shape index (κ3) is 2.84. The van der Waals surface area contributed by atoms with Crippen molar-refractivity contribution in [3.63, 3.8) is 0 Å². The van der Waals surface area contributed by atoms with E-state index in [1.54, 1.807) is 0 Å². The lowest BCUT2D eigenvalue weighted by atomic mass is 9.97. The van der Waals surface area contributed by atoms with Gasteiger partial charge in [0.15, 0.2) is 0 Å². The van der Waals surface area contributed by atoms with Gasteiger partial charge in [-0.3, -0.25) is 0 Å². The molecule has 1 aromatic heterocycles. The molecule has 4 nitrogen and oxygen atoms in total. The fourth-order valence-corrected chi connectivity index (χ4v) is 3.70. The summed E-state index contributed by atoms with van der Waals surface area (Å²) < 4.78 is 2.29. The molecule has 2 aliphatic rings. The van der Waals surface area contributed by atoms with E-state index in [1.165, 1.54) is 38.6 Å². The average molecular weight is 262 g/mol. The number of piperidine rings is 1. The van der Waals surface area contributed by atoms with E-state index in [-0.39, 0.29) is 0 Å². The molecule has 1 saturated carbocycles. The van der Waals surface area contributed by atoms with Crippen LogP contribution in [0.2, 0.25) is 0 Å². The van der Waals surface area contributed by atoms with Crippen LogP contribution in [0, 0.1) is 0 Å². The summed E-state index contributed by atoms with van der Waals surface area (Å²) in [6.45, 7) is 3.57. The van der Waals surface area contributed by atoms with Crippen molar-refractivity contribution in [2.75, 3.05) is 13.6 Å². The first-order valence-corrected chi connectivity index (χ1v) is 7.68. The third-order valence-corrected chi connectivity index (χ3v) is 5.05. The van der Waals surface area contributed by atoms with Crippen molar-refractivity contribution >= 4 is 0 Å². The van der Waals surface area contributed by atoms with Crippen molar-refractivity contribution in [2.45, 2.75) is 63.2 Å². The third-order valence-electron chi connectivity index (χ3n) is 5.05. The van der Waals surface area contributed by atoms with E-state index in [0.29, 0.717) is 24.2 Å². The van der Waals surface area contributed by atoms with E-state index in [0.717, 1.165) is 0 Å². The molecule has 2 fully saturated rings. The molecule has 106 valence electrons. The number of nitrogens with one attached hydrogen (secondary N) is 1. The van der Waals surface area contributed by atoms with Gasteiger partial charge in [0.05, 0.1) is 6.33 Å². The predicted octanol–water partition coefficient (Wildman–Crippen LogP) is 2.05. The number of likely N-dealkylation sites (tertiary alicyclic amines) is 1. The minimum Gasteiger partial charge on any atom is -0.333 e. The van der Waals surface area contributed by atoms with Crippen LogP contribution in [0.3, 0.4) is 0 Å². The number of imidazole rings is 1. The highest BCUT2D eigenvalue weighted by Gasteiger charge is 2.32. The van der Waals surface area contributed by atoms with Gasteiger partial charge in [0.1, 0.15) is 0 Å². The first-order valence-electron chi connectivity index (χ1n) is 7.68. The Labute approximate surface area is 116 Å². The topological polar surface area (TPSA) is 33.1 Å². The first kappa shape index (κ1) is 13.1. The Bertz CT molecular complexity index is 389. The first-order chi connectivity index (χ1) is 9.24. The zero-order chi connectivity index (χ0) is 13.2. The number of hydrogen-bond donors (Lipinski definition) is 1. The molecule has 19 heavy (non-hydrogen) atoms. The second kappa shape index (κ2) is 5.63. The molecule has 3 rings (SSSR count). The fraction of sp³-hybridized carbons (Fsp3) is 0.800. The molecule has 1 aromatic rings. The van der Waals surface area contributed by atoms with E-state index in [4.69, 9.17) is 0 Å². The monoisotopic (exact) mass is 262 g/mol. The lowest BCUT2D eigenvalue weighted by Crippen LogP contribution is -2.49. The molecule has 1 aliphatic carbocycles. The zero-order valence-corrected chi connectivity index (χ0v) is 12.1. The van der Waals surface area contributed by atoms with Crippen LogP contribution in [0.25, 0.3) is 0 Å². The standard InChI is InChI=1S/C15H26N4/c1-12-10-13(6-8-18(12)2)17-14-4-3-5-15(14)19-9-7-16-11-19/h7,9,11-15,17H,3-6,8,10H2,1-2H3. The minimum atomic E-state index is 0.609. The quantitative estimate of drug-likeness (QED) is 0.905. The molecular formula is C15H26N4. The van der Waals surface area contributed by atoms with Gasteiger partial charge >= 0.3 is 0 Å². The summed E-state index contributed by atoms with van der Waals surface area (Å²) in [7, 11) is 2.24. The van der Waals surface area contributed by atoms with Gasteiger partial charge in [-0.25, -0.2) is 4.98 Å². The highest BCUT2D eigenvalue weighted by Crippen LogP contribution is 2.31. The van der Waals surface area contributed by atoms with Gasteiger partial charge in [0.25, 0.3) is 0 Å². The summed E-state index contributed by atoms with van der Waals surface area (Å²) in [5.74, 6) is 0. The van der Waals surface area contributed by atoms with Crippen molar-refractivity contribution in [3.05, 3.63) is 18.7 Å². The molecule has 0 bridgehead atoms.